The van der Waals surface area contributed by atoms with Crippen LogP contribution < -0.4 is 0 Å². The van der Waals surface area contributed by atoms with Gasteiger partial charge in [0.25, 0.3) is 0 Å². The van der Waals surface area contributed by atoms with Gasteiger partial charge in [0, 0.05) is 0 Å². The van der Waals surface area contributed by atoms with Gasteiger partial charge < -0.3 is 0 Å². The van der Waals surface area contributed by atoms with Crippen molar-refractivity contribution < 1.29 is 5.11 Å². The van der Waals surface area contributed by atoms with Crippen molar-refractivity contribution in [3.8, 4) is 0 Å². The lowest BCUT2D eigenvalue weighted by molar-refractivity contribution is 0.0783. The number of aryl methyl sites for hydroxylation is 1. The Balaban J connectivity index is 2.33. The van der Waals surface area contributed by atoms with Gasteiger partial charge >= 0.3 is 0 Å². The van der Waals surface area contributed by atoms with E-state index in [1.165, 1.54) is 5.56 Å². The standard InChI is InChI=1S/C11H15O/c1-2-11(12)9-8-10-6-4-3-5-7-10/h3-7,11H,2,8-9H2,1H3. The normalized spacial score (nSPS) is 12.8. The average Bonchev–Trinajstić information content (AvgIpc) is 2.16. The summed E-state index contributed by atoms with van der Waals surface area (Å²) in [7, 11) is 0. The lowest BCUT2D eigenvalue weighted by Crippen LogP contribution is -2.03. The summed E-state index contributed by atoms with van der Waals surface area (Å²) in [6.45, 7) is 1.95. The number of benzene rings is 1. The van der Waals surface area contributed by atoms with Crippen molar-refractivity contribution in [2.45, 2.75) is 32.3 Å². The highest BCUT2D eigenvalue weighted by molar-refractivity contribution is 5.14. The lowest BCUT2D eigenvalue weighted by atomic mass is 10.1. The summed E-state index contributed by atoms with van der Waals surface area (Å²) in [5, 5.41) is 11.1. The van der Waals surface area contributed by atoms with E-state index in [1.54, 1.807) is 0 Å². The van der Waals surface area contributed by atoms with Crippen LogP contribution in [0.5, 0.6) is 0 Å². The Bertz CT molecular complexity index is 206. The molecule has 0 fully saturated rings. The van der Waals surface area contributed by atoms with Gasteiger partial charge in [-0.2, -0.15) is 0 Å². The predicted molar refractivity (Wildman–Crippen MR) is 49.5 cm³/mol. The first-order valence-corrected chi connectivity index (χ1v) is 4.52. The van der Waals surface area contributed by atoms with Crippen molar-refractivity contribution in [1.82, 2.24) is 0 Å². The Hall–Kier alpha value is -0.820. The van der Waals surface area contributed by atoms with E-state index in [0.29, 0.717) is 0 Å². The molecule has 0 bridgehead atoms. The maximum atomic E-state index is 11.1. The first-order valence-electron chi connectivity index (χ1n) is 4.52. The molecule has 1 unspecified atom stereocenters. The molecule has 0 saturated carbocycles. The van der Waals surface area contributed by atoms with Crippen LogP contribution in [0.1, 0.15) is 25.3 Å². The van der Waals surface area contributed by atoms with E-state index in [9.17, 15) is 5.11 Å². The predicted octanol–water partition coefficient (Wildman–Crippen LogP) is 2.83. The van der Waals surface area contributed by atoms with Crippen LogP contribution in [0.15, 0.2) is 30.3 Å². The first-order chi connectivity index (χ1) is 5.83. The molecule has 65 valence electrons. The fourth-order valence-electron chi connectivity index (χ4n) is 1.18. The second kappa shape index (κ2) is 4.94. The van der Waals surface area contributed by atoms with Crippen molar-refractivity contribution in [2.24, 2.45) is 0 Å². The summed E-state index contributed by atoms with van der Waals surface area (Å²) in [5.74, 6) is 0. The molecule has 0 aliphatic rings. The van der Waals surface area contributed by atoms with E-state index in [1.807, 2.05) is 25.1 Å². The molecule has 1 aromatic rings. The third-order valence-electron chi connectivity index (χ3n) is 2.05. The zero-order valence-corrected chi connectivity index (χ0v) is 7.49. The van der Waals surface area contributed by atoms with Gasteiger partial charge in [0.15, 0.2) is 0 Å². The summed E-state index contributed by atoms with van der Waals surface area (Å²) >= 11 is 0. The van der Waals surface area contributed by atoms with E-state index in [0.717, 1.165) is 19.3 Å². The van der Waals surface area contributed by atoms with Crippen molar-refractivity contribution in [2.75, 3.05) is 0 Å². The monoisotopic (exact) mass is 163 g/mol. The molecular formula is C11H15O. The van der Waals surface area contributed by atoms with Crippen LogP contribution in [0.2, 0.25) is 0 Å². The Morgan fingerprint density at radius 1 is 1.25 bits per heavy atom. The molecule has 0 N–H and O–H groups in total. The van der Waals surface area contributed by atoms with E-state index in [-0.39, 0.29) is 6.10 Å². The molecule has 1 aromatic carbocycles. The van der Waals surface area contributed by atoms with Crippen LogP contribution in [0.4, 0.5) is 0 Å². The van der Waals surface area contributed by atoms with Crippen LogP contribution in [-0.4, -0.2) is 6.10 Å². The fourth-order valence-corrected chi connectivity index (χ4v) is 1.18. The molecule has 1 rings (SSSR count). The topological polar surface area (TPSA) is 19.9 Å². The second-order valence-corrected chi connectivity index (χ2v) is 3.05. The van der Waals surface area contributed by atoms with Gasteiger partial charge in [-0.1, -0.05) is 37.3 Å². The van der Waals surface area contributed by atoms with Gasteiger partial charge in [-0.15, -0.1) is 0 Å². The minimum atomic E-state index is -0.384. The van der Waals surface area contributed by atoms with Crippen LogP contribution in [0, 0.1) is 0 Å². The summed E-state index contributed by atoms with van der Waals surface area (Å²) in [4.78, 5) is 0. The molecule has 1 atom stereocenters. The summed E-state index contributed by atoms with van der Waals surface area (Å²) in [6, 6.07) is 10.2. The van der Waals surface area contributed by atoms with Gasteiger partial charge in [0.2, 0.25) is 0 Å². The molecule has 1 radical (unpaired) electrons. The third kappa shape index (κ3) is 3.05. The molecule has 0 aliphatic carbocycles. The van der Waals surface area contributed by atoms with Gasteiger partial charge in [0.05, 0.1) is 6.10 Å². The van der Waals surface area contributed by atoms with Crippen LogP contribution >= 0.6 is 0 Å². The summed E-state index contributed by atoms with van der Waals surface area (Å²) in [5.41, 5.74) is 1.27. The van der Waals surface area contributed by atoms with Gasteiger partial charge in [-0.25, -0.2) is 5.11 Å². The molecule has 0 spiro atoms. The van der Waals surface area contributed by atoms with Crippen molar-refractivity contribution in [3.05, 3.63) is 35.9 Å². The summed E-state index contributed by atoms with van der Waals surface area (Å²) < 4.78 is 0. The van der Waals surface area contributed by atoms with E-state index >= 15 is 0 Å². The fraction of sp³-hybridized carbons (Fsp3) is 0.455. The highest BCUT2D eigenvalue weighted by Gasteiger charge is 2.02. The molecular weight excluding hydrogens is 148 g/mol. The maximum Gasteiger partial charge on any atom is 0.0930 e. The van der Waals surface area contributed by atoms with Crippen LogP contribution in [-0.2, 0) is 11.5 Å². The number of rotatable bonds is 4. The zero-order valence-electron chi connectivity index (χ0n) is 7.49. The Morgan fingerprint density at radius 2 is 1.92 bits per heavy atom. The lowest BCUT2D eigenvalue weighted by Gasteiger charge is -2.04. The van der Waals surface area contributed by atoms with Crippen molar-refractivity contribution in [1.29, 1.82) is 0 Å². The molecule has 0 heterocycles. The zero-order chi connectivity index (χ0) is 8.81. The highest BCUT2D eigenvalue weighted by atomic mass is 16.3. The quantitative estimate of drug-likeness (QED) is 0.650. The Kier molecular flexibility index (Phi) is 3.81. The average molecular weight is 163 g/mol. The summed E-state index contributed by atoms with van der Waals surface area (Å²) in [6.07, 6.45) is 2.04. The van der Waals surface area contributed by atoms with Crippen molar-refractivity contribution >= 4 is 0 Å². The van der Waals surface area contributed by atoms with E-state index < -0.39 is 0 Å². The number of hydrogen-bond donors (Lipinski definition) is 0. The van der Waals surface area contributed by atoms with Gasteiger partial charge in [-0.05, 0) is 24.8 Å². The number of hydrogen-bond acceptors (Lipinski definition) is 0. The minimum absolute atomic E-state index is 0.384. The van der Waals surface area contributed by atoms with Crippen LogP contribution in [0.25, 0.3) is 0 Å². The highest BCUT2D eigenvalue weighted by Crippen LogP contribution is 2.06. The molecule has 0 aromatic heterocycles. The van der Waals surface area contributed by atoms with Gasteiger partial charge in [0.1, 0.15) is 0 Å². The van der Waals surface area contributed by atoms with E-state index in [4.69, 9.17) is 0 Å². The smallest absolute Gasteiger partial charge is 0.0930 e. The third-order valence-corrected chi connectivity index (χ3v) is 2.05. The maximum absolute atomic E-state index is 11.1. The minimum Gasteiger partial charge on any atom is -0.233 e. The molecule has 1 nitrogen and oxygen atoms in total. The van der Waals surface area contributed by atoms with Crippen LogP contribution in [0.3, 0.4) is 0 Å². The Morgan fingerprint density at radius 3 is 2.50 bits per heavy atom. The molecule has 12 heavy (non-hydrogen) atoms. The molecule has 0 aliphatic heterocycles. The second-order valence-electron chi connectivity index (χ2n) is 3.05. The largest absolute Gasteiger partial charge is 0.233 e. The van der Waals surface area contributed by atoms with E-state index in [2.05, 4.69) is 12.1 Å². The molecule has 0 saturated heterocycles. The first kappa shape index (κ1) is 9.27. The molecule has 1 heteroatoms. The SMILES string of the molecule is CCC([O])CCc1ccccc1. The van der Waals surface area contributed by atoms with Gasteiger partial charge in [-0.3, -0.25) is 0 Å². The Labute approximate surface area is 74.1 Å². The molecule has 0 amide bonds. The van der Waals surface area contributed by atoms with Crippen molar-refractivity contribution in [3.63, 3.8) is 0 Å².